The van der Waals surface area contributed by atoms with Crippen LogP contribution in [0.2, 0.25) is 0 Å². The third kappa shape index (κ3) is 7.20. The van der Waals surface area contributed by atoms with Gasteiger partial charge in [-0.3, -0.25) is 18.9 Å². The van der Waals surface area contributed by atoms with Gasteiger partial charge in [0.1, 0.15) is 18.4 Å². The quantitative estimate of drug-likeness (QED) is 0.139. The summed E-state index contributed by atoms with van der Waals surface area (Å²) < 4.78 is 75.6. The fourth-order valence-electron chi connectivity index (χ4n) is 4.93. The minimum atomic E-state index is -4.73. The molecule has 15 nitrogen and oxygen atoms in total. The Balaban J connectivity index is 1.44. The number of nitrogen functional groups attached to an aromatic ring is 1. The SMILES string of the molecule is CCOc1nc(N)nc2c1ncn2[C@H]1O[C@](F)(COP(=O)(NC(C)C(=O)OCC(C)(C)C)Oc2cccc3ncccc23)[C@@H](O)[C@@]1(C)F. The Labute approximate surface area is 274 Å². The smallest absolute Gasteiger partial charge is 0.459 e. The Morgan fingerprint density at radius 3 is 2.69 bits per heavy atom. The number of pyridine rings is 1. The molecule has 18 heteroatoms. The van der Waals surface area contributed by atoms with E-state index in [1.54, 1.807) is 37.4 Å². The molecule has 0 radical (unpaired) electrons. The number of alkyl halides is 2. The highest BCUT2D eigenvalue weighted by Crippen LogP contribution is 2.52. The molecule has 1 aromatic carbocycles. The van der Waals surface area contributed by atoms with Gasteiger partial charge in [0.05, 0.1) is 25.1 Å². The molecule has 0 saturated carbocycles. The number of rotatable bonds is 12. The minimum absolute atomic E-state index is 0.00986. The van der Waals surface area contributed by atoms with Crippen LogP contribution < -0.4 is 20.1 Å². The maximum absolute atomic E-state index is 16.5. The van der Waals surface area contributed by atoms with Crippen molar-refractivity contribution in [1.82, 2.24) is 29.6 Å². The van der Waals surface area contributed by atoms with Gasteiger partial charge < -0.3 is 29.6 Å². The summed E-state index contributed by atoms with van der Waals surface area (Å²) in [5.41, 5.74) is 3.15. The average Bonchev–Trinajstić information content (AvgIpc) is 3.51. The number of hydrogen-bond donors (Lipinski definition) is 3. The number of esters is 1. The minimum Gasteiger partial charge on any atom is -0.476 e. The van der Waals surface area contributed by atoms with Crippen LogP contribution in [0.1, 0.15) is 47.8 Å². The Morgan fingerprint density at radius 1 is 1.23 bits per heavy atom. The van der Waals surface area contributed by atoms with Crippen molar-refractivity contribution >= 4 is 41.7 Å². The lowest BCUT2D eigenvalue weighted by molar-refractivity contribution is -0.202. The fourth-order valence-corrected chi connectivity index (χ4v) is 6.45. The summed E-state index contributed by atoms with van der Waals surface area (Å²) in [6.45, 7) is 8.49. The Morgan fingerprint density at radius 2 is 1.98 bits per heavy atom. The predicted molar refractivity (Wildman–Crippen MR) is 169 cm³/mol. The van der Waals surface area contributed by atoms with Crippen LogP contribution in [0.5, 0.6) is 11.6 Å². The van der Waals surface area contributed by atoms with E-state index in [9.17, 15) is 14.5 Å². The second-order valence-corrected chi connectivity index (χ2v) is 14.4. The van der Waals surface area contributed by atoms with Crippen molar-refractivity contribution in [2.75, 3.05) is 25.6 Å². The van der Waals surface area contributed by atoms with E-state index in [2.05, 4.69) is 25.0 Å². The molecule has 1 fully saturated rings. The first-order chi connectivity index (χ1) is 22.5. The lowest BCUT2D eigenvalue weighted by Crippen LogP contribution is -2.47. The van der Waals surface area contributed by atoms with Crippen LogP contribution in [0.25, 0.3) is 22.1 Å². The molecule has 1 aliphatic heterocycles. The molecule has 4 heterocycles. The van der Waals surface area contributed by atoms with Gasteiger partial charge in [0, 0.05) is 11.6 Å². The summed E-state index contributed by atoms with van der Waals surface area (Å²) in [4.78, 5) is 29.3. The lowest BCUT2D eigenvalue weighted by Gasteiger charge is -2.28. The maximum Gasteiger partial charge on any atom is 0.459 e. The molecule has 5 rings (SSSR count). The predicted octanol–water partition coefficient (Wildman–Crippen LogP) is 4.41. The summed E-state index contributed by atoms with van der Waals surface area (Å²) in [6, 6.07) is 6.73. The number of nitrogens with zero attached hydrogens (tertiary/aromatic N) is 5. The summed E-state index contributed by atoms with van der Waals surface area (Å²) in [7, 11) is -4.73. The topological polar surface area (TPSA) is 195 Å². The van der Waals surface area contributed by atoms with Crippen LogP contribution >= 0.6 is 7.75 Å². The van der Waals surface area contributed by atoms with Gasteiger partial charge >= 0.3 is 13.7 Å². The average molecular weight is 694 g/mol. The molecule has 0 bridgehead atoms. The summed E-state index contributed by atoms with van der Waals surface area (Å²) in [5, 5.41) is 13.8. The van der Waals surface area contributed by atoms with Crippen LogP contribution in [0, 0.1) is 5.41 Å². The molecule has 4 N–H and O–H groups in total. The van der Waals surface area contributed by atoms with Gasteiger partial charge in [0.2, 0.25) is 11.8 Å². The number of aliphatic hydroxyl groups is 1. The first-order valence-corrected chi connectivity index (χ1v) is 16.6. The van der Waals surface area contributed by atoms with Gasteiger partial charge in [-0.15, -0.1) is 0 Å². The van der Waals surface area contributed by atoms with Crippen LogP contribution in [-0.4, -0.2) is 79.1 Å². The normalized spacial score (nSPS) is 24.8. The number of benzene rings is 1. The van der Waals surface area contributed by atoms with Crippen LogP contribution in [-0.2, 0) is 23.4 Å². The number of ether oxygens (including phenoxy) is 3. The summed E-state index contributed by atoms with van der Waals surface area (Å²) in [5.74, 6) is -4.29. The van der Waals surface area contributed by atoms with Crippen LogP contribution in [0.4, 0.5) is 14.7 Å². The second-order valence-electron chi connectivity index (χ2n) is 12.7. The largest absolute Gasteiger partial charge is 0.476 e. The van der Waals surface area contributed by atoms with Crippen LogP contribution in [0.3, 0.4) is 0 Å². The molecule has 1 aliphatic rings. The molecular formula is C30H38F2N7O8P. The van der Waals surface area contributed by atoms with Gasteiger partial charge in [-0.1, -0.05) is 26.8 Å². The van der Waals surface area contributed by atoms with E-state index in [4.69, 9.17) is 29.0 Å². The van der Waals surface area contributed by atoms with E-state index >= 15 is 8.78 Å². The zero-order valence-corrected chi connectivity index (χ0v) is 28.1. The molecule has 6 atom stereocenters. The van der Waals surface area contributed by atoms with E-state index < -0.39 is 50.2 Å². The first kappa shape index (κ1) is 35.3. The summed E-state index contributed by atoms with van der Waals surface area (Å²) in [6.07, 6.45) is -1.69. The number of imidazole rings is 1. The van der Waals surface area contributed by atoms with Crippen molar-refractivity contribution < 1.29 is 46.5 Å². The highest BCUT2D eigenvalue weighted by Gasteiger charge is 2.65. The molecule has 260 valence electrons. The van der Waals surface area contributed by atoms with Crippen molar-refractivity contribution in [1.29, 1.82) is 0 Å². The van der Waals surface area contributed by atoms with Crippen molar-refractivity contribution in [2.24, 2.45) is 5.41 Å². The van der Waals surface area contributed by atoms with Crippen molar-refractivity contribution in [3.05, 3.63) is 42.9 Å². The fraction of sp³-hybridized carbons (Fsp3) is 0.500. The monoisotopic (exact) mass is 693 g/mol. The third-order valence-corrected chi connectivity index (χ3v) is 8.89. The lowest BCUT2D eigenvalue weighted by atomic mass is 9.97. The van der Waals surface area contributed by atoms with Crippen molar-refractivity contribution in [2.45, 2.75) is 71.4 Å². The highest BCUT2D eigenvalue weighted by molar-refractivity contribution is 7.52. The number of aliphatic hydroxyl groups excluding tert-OH is 1. The van der Waals surface area contributed by atoms with E-state index in [1.165, 1.54) is 13.0 Å². The van der Waals surface area contributed by atoms with Gasteiger partial charge in [-0.25, -0.2) is 18.3 Å². The molecule has 3 aromatic heterocycles. The van der Waals surface area contributed by atoms with E-state index in [0.29, 0.717) is 10.9 Å². The Hall–Kier alpha value is -4.02. The number of carbonyl (C=O) groups is 1. The van der Waals surface area contributed by atoms with Crippen molar-refractivity contribution in [3.63, 3.8) is 0 Å². The number of nitrogens with one attached hydrogen (secondary N) is 1. The molecule has 0 aliphatic carbocycles. The van der Waals surface area contributed by atoms with Gasteiger partial charge in [0.15, 0.2) is 29.2 Å². The van der Waals surface area contributed by atoms with Gasteiger partial charge in [-0.05, 0) is 50.5 Å². The molecular weight excluding hydrogens is 655 g/mol. The number of anilines is 1. The van der Waals surface area contributed by atoms with Crippen molar-refractivity contribution in [3.8, 4) is 11.6 Å². The Bertz CT molecular complexity index is 1850. The molecule has 4 aromatic rings. The standard InChI is InChI=1S/C30H38F2N7O8P/c1-7-43-23-21-22(36-27(33)37-23)39(16-35-21)26-29(6,31)25(41)30(32,46-26)15-45-48(42,38-17(2)24(40)44-14-28(3,4)5)47-20-12-8-11-19-18(20)10-9-13-34-19/h8-13,16-17,25-26,41H,7,14-15H2,1-6H3,(H,38,42)(H2,33,36,37)/t17?,25-,26-,29+,30+,48?/m0/s1. The number of aromatic nitrogens is 5. The number of halogens is 2. The number of fused-ring (bicyclic) bond motifs is 2. The molecule has 2 unspecified atom stereocenters. The highest BCUT2D eigenvalue weighted by atomic mass is 31.2. The third-order valence-electron chi connectivity index (χ3n) is 7.28. The number of hydrogen-bond acceptors (Lipinski definition) is 13. The molecule has 48 heavy (non-hydrogen) atoms. The van der Waals surface area contributed by atoms with E-state index in [-0.39, 0.29) is 47.4 Å². The van der Waals surface area contributed by atoms with Gasteiger partial charge in [-0.2, -0.15) is 15.1 Å². The second kappa shape index (κ2) is 13.1. The van der Waals surface area contributed by atoms with E-state index in [1.807, 2.05) is 20.8 Å². The molecule has 0 spiro atoms. The zero-order chi connectivity index (χ0) is 35.1. The van der Waals surface area contributed by atoms with E-state index in [0.717, 1.165) is 17.8 Å². The zero-order valence-electron chi connectivity index (χ0n) is 27.2. The van der Waals surface area contributed by atoms with Gasteiger partial charge in [0.25, 0.3) is 5.85 Å². The maximum atomic E-state index is 16.5. The molecule has 1 saturated heterocycles. The molecule has 0 amide bonds. The summed E-state index contributed by atoms with van der Waals surface area (Å²) >= 11 is 0. The number of nitrogens with two attached hydrogens (primary N) is 1. The number of carbonyl (C=O) groups excluding carboxylic acids is 1. The van der Waals surface area contributed by atoms with Crippen LogP contribution in [0.15, 0.2) is 42.9 Å². The first-order valence-electron chi connectivity index (χ1n) is 15.1. The Kier molecular flexibility index (Phi) is 9.65.